The Bertz CT molecular complexity index is 229. The largest absolute Gasteiger partial charge is 0.425 e. The van der Waals surface area contributed by atoms with Gasteiger partial charge in [0.05, 0.1) is 5.56 Å². The Morgan fingerprint density at radius 1 is 1.08 bits per heavy atom. The van der Waals surface area contributed by atoms with Crippen LogP contribution in [0.1, 0.15) is 5.56 Å². The summed E-state index contributed by atoms with van der Waals surface area (Å²) < 4.78 is 9.83. The lowest BCUT2D eigenvalue weighted by Gasteiger charge is -2.18. The van der Waals surface area contributed by atoms with Gasteiger partial charge in [0, 0.05) is 14.2 Å². The molecule has 0 aliphatic carbocycles. The maximum Gasteiger partial charge on any atom is 0.425 e. The van der Waals surface area contributed by atoms with Gasteiger partial charge in [0.2, 0.25) is 0 Å². The van der Waals surface area contributed by atoms with E-state index in [4.69, 9.17) is 14.6 Å². The molecule has 1 rings (SSSR count). The van der Waals surface area contributed by atoms with E-state index in [1.54, 1.807) is 12.1 Å². The van der Waals surface area contributed by atoms with Crippen LogP contribution in [0.3, 0.4) is 0 Å². The molecule has 66 valence electrons. The molecule has 0 radical (unpaired) electrons. The van der Waals surface area contributed by atoms with Crippen molar-refractivity contribution in [3.8, 4) is 0 Å². The predicted molar refractivity (Wildman–Crippen MR) is 45.8 cm³/mol. The quantitative estimate of drug-likeness (QED) is 0.496. The van der Waals surface area contributed by atoms with Crippen LogP contribution in [-0.2, 0) is 15.4 Å². The van der Waals surface area contributed by atoms with Gasteiger partial charge in [-0.25, -0.2) is 0 Å². The van der Waals surface area contributed by atoms with E-state index < -0.39 is 5.97 Å². The Morgan fingerprint density at radius 3 is 2.00 bits per heavy atom. The van der Waals surface area contributed by atoms with Gasteiger partial charge in [0.1, 0.15) is 0 Å². The molecule has 0 fully saturated rings. The molecule has 12 heavy (non-hydrogen) atoms. The first kappa shape index (κ1) is 9.19. The molecule has 0 aliphatic heterocycles. The Balaban J connectivity index is 2.95. The molecule has 3 nitrogen and oxygen atoms in total. The van der Waals surface area contributed by atoms with Crippen molar-refractivity contribution < 1.29 is 14.6 Å². The third-order valence-electron chi connectivity index (χ3n) is 1.73. The third-order valence-corrected chi connectivity index (χ3v) is 1.73. The van der Waals surface area contributed by atoms with Crippen LogP contribution in [0, 0.1) is 0 Å². The van der Waals surface area contributed by atoms with E-state index in [1.807, 2.05) is 18.2 Å². The van der Waals surface area contributed by atoms with Crippen LogP contribution in [0.15, 0.2) is 30.3 Å². The van der Waals surface area contributed by atoms with E-state index >= 15 is 0 Å². The van der Waals surface area contributed by atoms with E-state index in [1.165, 1.54) is 14.2 Å². The number of methoxy groups -OCH3 is 2. The minimum Gasteiger partial charge on any atom is -0.391 e. The maximum atomic E-state index is 7.71. The highest BCUT2D eigenvalue weighted by atomic mass is 16.8. The fourth-order valence-electron chi connectivity index (χ4n) is 0.977. The second-order valence-corrected chi connectivity index (χ2v) is 2.39. The molecule has 0 atom stereocenters. The number of ether oxygens (including phenoxy) is 2. The normalized spacial score (nSPS) is 11.6. The summed E-state index contributed by atoms with van der Waals surface area (Å²) in [6, 6.07) is 9.16. The van der Waals surface area contributed by atoms with Gasteiger partial charge in [-0.2, -0.15) is 0 Å². The second-order valence-electron chi connectivity index (χ2n) is 2.39. The predicted octanol–water partition coefficient (Wildman–Crippen LogP) is 0.814. The summed E-state index contributed by atoms with van der Waals surface area (Å²) in [5.74, 6) is -1.37. The average Bonchev–Trinajstić information content (AvgIpc) is 2.18. The SMILES string of the molecule is COC([OH2+])(OC)c1ccccc1. The van der Waals surface area contributed by atoms with Crippen molar-refractivity contribution in [3.63, 3.8) is 0 Å². The molecule has 0 heterocycles. The third kappa shape index (κ3) is 1.64. The highest BCUT2D eigenvalue weighted by Crippen LogP contribution is 2.21. The Kier molecular flexibility index (Phi) is 2.81. The zero-order valence-corrected chi connectivity index (χ0v) is 7.20. The van der Waals surface area contributed by atoms with Crippen LogP contribution in [0.2, 0.25) is 0 Å². The first-order chi connectivity index (χ1) is 5.73. The molecule has 3 heteroatoms. The monoisotopic (exact) mass is 169 g/mol. The van der Waals surface area contributed by atoms with Crippen LogP contribution in [-0.4, -0.2) is 19.3 Å². The Morgan fingerprint density at radius 2 is 1.58 bits per heavy atom. The molecule has 1 aromatic carbocycles. The number of rotatable bonds is 3. The molecule has 0 saturated heterocycles. The van der Waals surface area contributed by atoms with Gasteiger partial charge in [-0.3, -0.25) is 9.47 Å². The lowest BCUT2D eigenvalue weighted by atomic mass is 10.2. The van der Waals surface area contributed by atoms with E-state index in [0.29, 0.717) is 5.56 Å². The van der Waals surface area contributed by atoms with Gasteiger partial charge in [0.25, 0.3) is 0 Å². The molecular weight excluding hydrogens is 156 g/mol. The van der Waals surface area contributed by atoms with Gasteiger partial charge < -0.3 is 5.11 Å². The van der Waals surface area contributed by atoms with Crippen molar-refractivity contribution in [3.05, 3.63) is 35.9 Å². The van der Waals surface area contributed by atoms with Crippen LogP contribution < -0.4 is 0 Å². The molecule has 0 unspecified atom stereocenters. The summed E-state index contributed by atoms with van der Waals surface area (Å²) in [7, 11) is 2.90. The van der Waals surface area contributed by atoms with Crippen molar-refractivity contribution in [2.75, 3.05) is 14.2 Å². The summed E-state index contributed by atoms with van der Waals surface area (Å²) in [6.07, 6.45) is 0. The molecule has 0 spiro atoms. The van der Waals surface area contributed by atoms with Crippen LogP contribution in [0.4, 0.5) is 0 Å². The standard InChI is InChI=1S/C9H12O3/c1-11-9(10,12-2)8-6-4-3-5-7-8/h3-7,10H,1-2H3/p+1. The minimum absolute atomic E-state index is 0.690. The fourth-order valence-corrected chi connectivity index (χ4v) is 0.977. The van der Waals surface area contributed by atoms with E-state index in [0.717, 1.165) is 0 Å². The number of benzene rings is 1. The Labute approximate surface area is 71.5 Å². The molecule has 2 N–H and O–H groups in total. The summed E-state index contributed by atoms with van der Waals surface area (Å²) in [4.78, 5) is 0. The van der Waals surface area contributed by atoms with E-state index in [2.05, 4.69) is 0 Å². The molecule has 0 saturated carbocycles. The van der Waals surface area contributed by atoms with Gasteiger partial charge in [-0.1, -0.05) is 18.2 Å². The molecule has 0 bridgehead atoms. The summed E-state index contributed by atoms with van der Waals surface area (Å²) in [5.41, 5.74) is 0.690. The second kappa shape index (κ2) is 3.67. The average molecular weight is 169 g/mol. The van der Waals surface area contributed by atoms with E-state index in [9.17, 15) is 0 Å². The van der Waals surface area contributed by atoms with Crippen molar-refractivity contribution in [2.24, 2.45) is 0 Å². The number of hydrogen-bond acceptors (Lipinski definition) is 2. The van der Waals surface area contributed by atoms with Gasteiger partial charge >= 0.3 is 5.97 Å². The van der Waals surface area contributed by atoms with Crippen molar-refractivity contribution in [1.29, 1.82) is 0 Å². The molecule has 0 aliphatic rings. The Hall–Kier alpha value is -0.900. The highest BCUT2D eigenvalue weighted by Gasteiger charge is 2.34. The molecule has 0 aromatic heterocycles. The van der Waals surface area contributed by atoms with E-state index in [-0.39, 0.29) is 0 Å². The zero-order chi connectivity index (χ0) is 9.03. The number of hydrogen-bond donors (Lipinski definition) is 0. The summed E-state index contributed by atoms with van der Waals surface area (Å²) >= 11 is 0. The molecule has 0 amide bonds. The van der Waals surface area contributed by atoms with Crippen LogP contribution in [0.25, 0.3) is 0 Å². The van der Waals surface area contributed by atoms with Gasteiger partial charge in [0.15, 0.2) is 0 Å². The zero-order valence-electron chi connectivity index (χ0n) is 7.20. The molecule has 1 aromatic rings. The lowest BCUT2D eigenvalue weighted by molar-refractivity contribution is -0.352. The van der Waals surface area contributed by atoms with Gasteiger partial charge in [-0.05, 0) is 12.1 Å². The van der Waals surface area contributed by atoms with Crippen molar-refractivity contribution in [1.82, 2.24) is 0 Å². The highest BCUT2D eigenvalue weighted by molar-refractivity contribution is 5.17. The fraction of sp³-hybridized carbons (Fsp3) is 0.333. The first-order valence-corrected chi connectivity index (χ1v) is 3.64. The summed E-state index contributed by atoms with van der Waals surface area (Å²) in [5, 5.41) is 7.71. The maximum absolute atomic E-state index is 7.71. The topological polar surface area (TPSA) is 41.4 Å². The van der Waals surface area contributed by atoms with Crippen LogP contribution >= 0.6 is 0 Å². The van der Waals surface area contributed by atoms with Crippen LogP contribution in [0.5, 0.6) is 0 Å². The van der Waals surface area contributed by atoms with Gasteiger partial charge in [-0.15, -0.1) is 0 Å². The lowest BCUT2D eigenvalue weighted by Crippen LogP contribution is -2.29. The molecular formula is C9H13O3+. The van der Waals surface area contributed by atoms with Crippen molar-refractivity contribution in [2.45, 2.75) is 5.97 Å². The minimum atomic E-state index is -1.37. The van der Waals surface area contributed by atoms with Crippen molar-refractivity contribution >= 4 is 0 Å². The summed E-state index contributed by atoms with van der Waals surface area (Å²) in [6.45, 7) is 0. The smallest absolute Gasteiger partial charge is 0.391 e. The first-order valence-electron chi connectivity index (χ1n) is 3.64.